The van der Waals surface area contributed by atoms with Crippen LogP contribution in [0.1, 0.15) is 22.4 Å². The van der Waals surface area contributed by atoms with E-state index in [1.807, 2.05) is 32.9 Å². The van der Waals surface area contributed by atoms with Gasteiger partial charge in [0, 0.05) is 27.0 Å². The summed E-state index contributed by atoms with van der Waals surface area (Å²) in [6, 6.07) is 9.01. The summed E-state index contributed by atoms with van der Waals surface area (Å²) in [7, 11) is 0. The zero-order valence-corrected chi connectivity index (χ0v) is 20.6. The second-order valence-corrected chi connectivity index (χ2v) is 9.53. The molecule has 0 aliphatic carbocycles. The number of aliphatic imine (C=N–C) groups is 1. The Balaban J connectivity index is 1.66. The molecule has 4 rings (SSSR count). The van der Waals surface area contributed by atoms with Crippen molar-refractivity contribution in [3.63, 3.8) is 0 Å². The van der Waals surface area contributed by atoms with Crippen molar-refractivity contribution in [2.24, 2.45) is 4.99 Å². The number of benzene rings is 2. The third-order valence-corrected chi connectivity index (χ3v) is 7.20. The molecular weight excluding hydrogens is 521 g/mol. The first-order valence-electron chi connectivity index (χ1n) is 9.17. The predicted molar refractivity (Wildman–Crippen MR) is 131 cm³/mol. The summed E-state index contributed by atoms with van der Waals surface area (Å²) in [5.74, 6) is 0. The Kier molecular flexibility index (Phi) is 6.16. The van der Waals surface area contributed by atoms with Crippen LogP contribution in [0.25, 0.3) is 16.3 Å². The fourth-order valence-electron chi connectivity index (χ4n) is 3.06. The Morgan fingerprint density at radius 2 is 1.90 bits per heavy atom. The Bertz CT molecular complexity index is 1390. The number of halogens is 3. The number of nitrogens with zero attached hydrogens (tertiary/aromatic N) is 4. The molecule has 0 aliphatic heterocycles. The van der Waals surface area contributed by atoms with Crippen LogP contribution >= 0.6 is 50.5 Å². The topological polar surface area (TPSA) is 75.9 Å². The molecule has 31 heavy (non-hydrogen) atoms. The van der Waals surface area contributed by atoms with Gasteiger partial charge in [0.1, 0.15) is 0 Å². The summed E-state index contributed by atoms with van der Waals surface area (Å²) in [6.07, 6.45) is 1.51. The van der Waals surface area contributed by atoms with E-state index in [9.17, 15) is 4.79 Å². The van der Waals surface area contributed by atoms with Crippen molar-refractivity contribution in [2.45, 2.75) is 20.8 Å². The fraction of sp³-hybridized carbons (Fsp3) is 0.143. The van der Waals surface area contributed by atoms with E-state index < -0.39 is 0 Å². The Labute approximate surface area is 200 Å². The maximum atomic E-state index is 13.0. The van der Waals surface area contributed by atoms with Gasteiger partial charge in [-0.05, 0) is 62.2 Å². The summed E-state index contributed by atoms with van der Waals surface area (Å²) in [5, 5.41) is 13.4. The maximum absolute atomic E-state index is 13.0. The molecule has 1 N–H and O–H groups in total. The van der Waals surface area contributed by atoms with Gasteiger partial charge in [-0.15, -0.1) is 10.2 Å². The van der Waals surface area contributed by atoms with Crippen molar-refractivity contribution in [3.8, 4) is 16.3 Å². The normalized spacial score (nSPS) is 11.5. The molecule has 2 heterocycles. The minimum atomic E-state index is -0.184. The Morgan fingerprint density at radius 3 is 2.65 bits per heavy atom. The van der Waals surface area contributed by atoms with Crippen LogP contribution in [-0.2, 0) is 0 Å². The molecule has 0 aliphatic rings. The van der Waals surface area contributed by atoms with Crippen molar-refractivity contribution in [3.05, 3.63) is 77.6 Å². The van der Waals surface area contributed by atoms with Crippen molar-refractivity contribution in [1.29, 1.82) is 0 Å². The lowest BCUT2D eigenvalue weighted by atomic mass is 10.1. The van der Waals surface area contributed by atoms with Gasteiger partial charge in [-0.3, -0.25) is 9.89 Å². The second-order valence-electron chi connectivity index (χ2n) is 6.88. The monoisotopic (exact) mass is 535 g/mol. The lowest BCUT2D eigenvalue weighted by Gasteiger charge is -2.10. The van der Waals surface area contributed by atoms with Crippen molar-refractivity contribution in [2.75, 3.05) is 0 Å². The van der Waals surface area contributed by atoms with Crippen LogP contribution in [0.4, 0.5) is 5.13 Å². The molecular formula is C21H16BrCl2N5OS. The smallest absolute Gasteiger partial charge is 0.280 e. The highest BCUT2D eigenvalue weighted by Crippen LogP contribution is 2.34. The lowest BCUT2D eigenvalue weighted by molar-refractivity contribution is 0.827. The van der Waals surface area contributed by atoms with Crippen molar-refractivity contribution < 1.29 is 0 Å². The maximum Gasteiger partial charge on any atom is 0.280 e. The standard InChI is InChI=1S/C21H16BrCl2N5OS/c1-10-11(2)18(7-6-16(10)22)29-20(30)15(12(3)28-29)9-25-21-27-26-19(31-21)14-5-4-13(23)8-17(14)24/h4-9,28H,1-3H3. The summed E-state index contributed by atoms with van der Waals surface area (Å²) in [5.41, 5.74) is 4.59. The number of H-pyrrole nitrogens is 1. The Hall–Kier alpha value is -2.26. The molecule has 10 heteroatoms. The predicted octanol–water partition coefficient (Wildman–Crippen LogP) is 6.43. The van der Waals surface area contributed by atoms with Gasteiger partial charge in [-0.2, -0.15) is 0 Å². The summed E-state index contributed by atoms with van der Waals surface area (Å²) >= 11 is 17.0. The number of hydrogen-bond donors (Lipinski definition) is 1. The third kappa shape index (κ3) is 4.25. The molecule has 2 aromatic heterocycles. The Morgan fingerprint density at radius 1 is 1.13 bits per heavy atom. The molecule has 0 spiro atoms. The molecule has 6 nitrogen and oxygen atoms in total. The molecule has 0 radical (unpaired) electrons. The van der Waals surface area contributed by atoms with Gasteiger partial charge in [0.2, 0.25) is 5.13 Å². The first-order chi connectivity index (χ1) is 14.8. The zero-order chi connectivity index (χ0) is 22.3. The van der Waals surface area contributed by atoms with Crippen LogP contribution in [0, 0.1) is 20.8 Å². The van der Waals surface area contributed by atoms with E-state index in [1.165, 1.54) is 22.2 Å². The molecule has 4 aromatic rings. The summed E-state index contributed by atoms with van der Waals surface area (Å²) in [6.45, 7) is 5.82. The number of aromatic amines is 1. The molecule has 0 saturated heterocycles. The summed E-state index contributed by atoms with van der Waals surface area (Å²) in [4.78, 5) is 17.4. The van der Waals surface area contributed by atoms with E-state index in [1.54, 1.807) is 18.2 Å². The molecule has 0 fully saturated rings. The van der Waals surface area contributed by atoms with E-state index in [0.717, 1.165) is 26.9 Å². The molecule has 0 amide bonds. The van der Waals surface area contributed by atoms with Crippen LogP contribution in [0.15, 0.2) is 44.6 Å². The summed E-state index contributed by atoms with van der Waals surface area (Å²) < 4.78 is 2.53. The van der Waals surface area contributed by atoms with Gasteiger partial charge >= 0.3 is 0 Å². The molecule has 0 atom stereocenters. The van der Waals surface area contributed by atoms with Crippen LogP contribution in [-0.4, -0.2) is 26.2 Å². The average Bonchev–Trinajstić information content (AvgIpc) is 3.29. The third-order valence-electron chi connectivity index (χ3n) is 4.93. The molecule has 158 valence electrons. The van der Waals surface area contributed by atoms with E-state index >= 15 is 0 Å². The number of rotatable bonds is 4. The molecule has 0 bridgehead atoms. The number of hydrogen-bond acceptors (Lipinski definition) is 5. The van der Waals surface area contributed by atoms with Crippen LogP contribution in [0.5, 0.6) is 0 Å². The van der Waals surface area contributed by atoms with Crippen molar-refractivity contribution in [1.82, 2.24) is 20.0 Å². The zero-order valence-electron chi connectivity index (χ0n) is 16.7. The largest absolute Gasteiger partial charge is 0.295 e. The number of nitrogens with one attached hydrogen (secondary N) is 1. The highest BCUT2D eigenvalue weighted by Gasteiger charge is 2.15. The van der Waals surface area contributed by atoms with Crippen LogP contribution in [0.2, 0.25) is 10.0 Å². The SMILES string of the molecule is Cc1[nH]n(-c2ccc(Br)c(C)c2C)c(=O)c1C=Nc1nnc(-c2ccc(Cl)cc2Cl)s1. The quantitative estimate of drug-likeness (QED) is 0.305. The minimum absolute atomic E-state index is 0.184. The lowest BCUT2D eigenvalue weighted by Crippen LogP contribution is -2.18. The molecule has 0 unspecified atom stereocenters. The number of aromatic nitrogens is 4. The van der Waals surface area contributed by atoms with Gasteiger partial charge in [0.05, 0.1) is 16.3 Å². The van der Waals surface area contributed by atoms with Crippen LogP contribution < -0.4 is 5.56 Å². The van der Waals surface area contributed by atoms with Gasteiger partial charge in [0.15, 0.2) is 5.01 Å². The number of aryl methyl sites for hydroxylation is 1. The molecule has 0 saturated carbocycles. The van der Waals surface area contributed by atoms with Crippen LogP contribution in [0.3, 0.4) is 0 Å². The fourth-order valence-corrected chi connectivity index (χ4v) is 4.77. The van der Waals surface area contributed by atoms with E-state index in [4.69, 9.17) is 23.2 Å². The van der Waals surface area contributed by atoms with Gasteiger partial charge in [-0.1, -0.05) is 50.5 Å². The highest BCUT2D eigenvalue weighted by atomic mass is 79.9. The van der Waals surface area contributed by atoms with E-state index in [0.29, 0.717) is 31.4 Å². The minimum Gasteiger partial charge on any atom is -0.295 e. The van der Waals surface area contributed by atoms with E-state index in [-0.39, 0.29) is 5.56 Å². The van der Waals surface area contributed by atoms with Crippen molar-refractivity contribution >= 4 is 61.8 Å². The first-order valence-corrected chi connectivity index (χ1v) is 11.5. The van der Waals surface area contributed by atoms with Gasteiger partial charge in [0.25, 0.3) is 5.56 Å². The highest BCUT2D eigenvalue weighted by molar-refractivity contribution is 9.10. The molecule has 2 aromatic carbocycles. The van der Waals surface area contributed by atoms with E-state index in [2.05, 4.69) is 36.2 Å². The second kappa shape index (κ2) is 8.70. The first kappa shape index (κ1) is 22.0. The van der Waals surface area contributed by atoms with Gasteiger partial charge in [-0.25, -0.2) is 9.67 Å². The average molecular weight is 537 g/mol. The van der Waals surface area contributed by atoms with Gasteiger partial charge < -0.3 is 0 Å².